The molecule has 1 unspecified atom stereocenters. The van der Waals surface area contributed by atoms with Gasteiger partial charge >= 0.3 is 0 Å². The second kappa shape index (κ2) is 3.72. The predicted octanol–water partition coefficient (Wildman–Crippen LogP) is 2.29. The Morgan fingerprint density at radius 1 is 1.36 bits per heavy atom. The molecule has 0 aliphatic rings. The maximum Gasteiger partial charge on any atom is 0.101 e. The van der Waals surface area contributed by atoms with Crippen molar-refractivity contribution in [2.45, 2.75) is 13.0 Å². The largest absolute Gasteiger partial charge is 0.297 e. The molecule has 0 bridgehead atoms. The Balaban J connectivity index is 2.81. The van der Waals surface area contributed by atoms with Crippen LogP contribution in [-0.4, -0.2) is 0 Å². The van der Waals surface area contributed by atoms with Gasteiger partial charge in [-0.2, -0.15) is 0 Å². The Hall–Kier alpha value is -0.570. The Labute approximate surface area is 70.9 Å². The molecule has 0 amide bonds. The molecule has 1 aromatic rings. The van der Waals surface area contributed by atoms with E-state index >= 15 is 0 Å². The van der Waals surface area contributed by atoms with Gasteiger partial charge in [-0.1, -0.05) is 23.7 Å². The lowest BCUT2D eigenvalue weighted by Gasteiger charge is -2.07. The lowest BCUT2D eigenvalue weighted by atomic mass is 10.1. The second-order valence-electron chi connectivity index (χ2n) is 2.33. The van der Waals surface area contributed by atoms with E-state index < -0.39 is 0 Å². The van der Waals surface area contributed by atoms with Crippen molar-refractivity contribution in [2.24, 2.45) is 5.90 Å². The zero-order valence-corrected chi connectivity index (χ0v) is 7.01. The zero-order chi connectivity index (χ0) is 8.27. The van der Waals surface area contributed by atoms with Crippen molar-refractivity contribution < 1.29 is 4.84 Å². The molecule has 0 heterocycles. The average Bonchev–Trinajstić information content (AvgIpc) is 2.05. The number of hydrogen-bond donors (Lipinski definition) is 1. The minimum Gasteiger partial charge on any atom is -0.297 e. The van der Waals surface area contributed by atoms with Crippen LogP contribution in [0, 0.1) is 0 Å². The third-order valence-corrected chi connectivity index (χ3v) is 1.80. The monoisotopic (exact) mass is 171 g/mol. The van der Waals surface area contributed by atoms with E-state index in [1.54, 1.807) is 0 Å². The fourth-order valence-corrected chi connectivity index (χ4v) is 0.938. The number of nitrogens with two attached hydrogens (primary N) is 1. The summed E-state index contributed by atoms with van der Waals surface area (Å²) in [5.41, 5.74) is 1.02. The van der Waals surface area contributed by atoms with E-state index in [4.69, 9.17) is 17.5 Å². The molecule has 2 N–H and O–H groups in total. The quantitative estimate of drug-likeness (QED) is 0.693. The van der Waals surface area contributed by atoms with Crippen LogP contribution in [0.25, 0.3) is 0 Å². The number of benzene rings is 1. The van der Waals surface area contributed by atoms with Crippen LogP contribution in [0.4, 0.5) is 0 Å². The second-order valence-corrected chi connectivity index (χ2v) is 2.77. The summed E-state index contributed by atoms with van der Waals surface area (Å²) in [6.45, 7) is 1.88. The molecule has 0 radical (unpaired) electrons. The highest BCUT2D eigenvalue weighted by Gasteiger charge is 2.02. The van der Waals surface area contributed by atoms with Crippen LogP contribution in [0.5, 0.6) is 0 Å². The Bertz CT molecular complexity index is 222. The van der Waals surface area contributed by atoms with Crippen molar-refractivity contribution in [1.29, 1.82) is 0 Å². The van der Waals surface area contributed by atoms with Crippen LogP contribution in [0.2, 0.25) is 5.02 Å². The number of rotatable bonds is 2. The topological polar surface area (TPSA) is 35.2 Å². The molecule has 0 fully saturated rings. The zero-order valence-electron chi connectivity index (χ0n) is 6.25. The molecule has 1 atom stereocenters. The predicted molar refractivity (Wildman–Crippen MR) is 45.1 cm³/mol. The van der Waals surface area contributed by atoms with E-state index in [0.29, 0.717) is 0 Å². The normalized spacial score (nSPS) is 13.0. The van der Waals surface area contributed by atoms with Gasteiger partial charge in [0.05, 0.1) is 0 Å². The van der Waals surface area contributed by atoms with E-state index in [2.05, 4.69) is 4.84 Å². The summed E-state index contributed by atoms with van der Waals surface area (Å²) in [6.07, 6.45) is -0.0766. The van der Waals surface area contributed by atoms with Crippen molar-refractivity contribution in [3.05, 3.63) is 34.9 Å². The molecule has 1 rings (SSSR count). The number of hydrogen-bond acceptors (Lipinski definition) is 2. The minimum atomic E-state index is -0.0766. The van der Waals surface area contributed by atoms with Crippen molar-refractivity contribution in [3.63, 3.8) is 0 Å². The smallest absolute Gasteiger partial charge is 0.101 e. The highest BCUT2D eigenvalue weighted by atomic mass is 35.5. The van der Waals surface area contributed by atoms with E-state index in [0.717, 1.165) is 10.6 Å². The number of halogens is 1. The van der Waals surface area contributed by atoms with E-state index in [1.807, 2.05) is 31.2 Å². The van der Waals surface area contributed by atoms with Gasteiger partial charge < -0.3 is 0 Å². The highest BCUT2D eigenvalue weighted by molar-refractivity contribution is 6.30. The molecule has 2 nitrogen and oxygen atoms in total. The maximum absolute atomic E-state index is 5.69. The molecule has 60 valence electrons. The van der Waals surface area contributed by atoms with Gasteiger partial charge in [0.2, 0.25) is 0 Å². The summed E-state index contributed by atoms with van der Waals surface area (Å²) in [7, 11) is 0. The van der Waals surface area contributed by atoms with Gasteiger partial charge in [0.1, 0.15) is 6.10 Å². The molecule has 0 aliphatic carbocycles. The van der Waals surface area contributed by atoms with Crippen LogP contribution in [0.15, 0.2) is 24.3 Å². The highest BCUT2D eigenvalue weighted by Crippen LogP contribution is 2.17. The molecule has 0 aromatic heterocycles. The first-order chi connectivity index (χ1) is 5.24. The molecule has 0 saturated heterocycles. The van der Waals surface area contributed by atoms with E-state index in [-0.39, 0.29) is 6.10 Å². The van der Waals surface area contributed by atoms with Gasteiger partial charge in [-0.25, -0.2) is 5.90 Å². The van der Waals surface area contributed by atoms with Gasteiger partial charge in [-0.15, -0.1) is 0 Å². The lowest BCUT2D eigenvalue weighted by molar-refractivity contribution is 0.0664. The summed E-state index contributed by atoms with van der Waals surface area (Å²) in [5, 5.41) is 0.720. The first-order valence-electron chi connectivity index (χ1n) is 3.35. The molecular weight excluding hydrogens is 162 g/mol. The molecule has 0 aliphatic heterocycles. The SMILES string of the molecule is CC(ON)c1ccc(Cl)cc1. The lowest BCUT2D eigenvalue weighted by Crippen LogP contribution is -2.04. The first kappa shape index (κ1) is 8.53. The van der Waals surface area contributed by atoms with Gasteiger partial charge in [-0.05, 0) is 24.6 Å². The summed E-state index contributed by atoms with van der Waals surface area (Å²) < 4.78 is 0. The van der Waals surface area contributed by atoms with Crippen molar-refractivity contribution in [1.82, 2.24) is 0 Å². The molecule has 11 heavy (non-hydrogen) atoms. The van der Waals surface area contributed by atoms with Crippen LogP contribution in [0.3, 0.4) is 0 Å². The molecule has 3 heteroatoms. The standard InChI is InChI=1S/C8H10ClNO/c1-6(11-10)7-2-4-8(9)5-3-7/h2-6H,10H2,1H3. The van der Waals surface area contributed by atoms with Crippen LogP contribution in [0.1, 0.15) is 18.6 Å². The Morgan fingerprint density at radius 3 is 2.36 bits per heavy atom. The molecule has 0 saturated carbocycles. The van der Waals surface area contributed by atoms with Crippen molar-refractivity contribution in [2.75, 3.05) is 0 Å². The van der Waals surface area contributed by atoms with Gasteiger partial charge in [0.25, 0.3) is 0 Å². The molecule has 1 aromatic carbocycles. The van der Waals surface area contributed by atoms with E-state index in [1.165, 1.54) is 0 Å². The van der Waals surface area contributed by atoms with Crippen LogP contribution < -0.4 is 5.90 Å². The molecule has 0 spiro atoms. The Morgan fingerprint density at radius 2 is 1.91 bits per heavy atom. The third-order valence-electron chi connectivity index (χ3n) is 1.54. The summed E-state index contributed by atoms with van der Waals surface area (Å²) in [6, 6.07) is 7.40. The van der Waals surface area contributed by atoms with E-state index in [9.17, 15) is 0 Å². The fraction of sp³-hybridized carbons (Fsp3) is 0.250. The average molecular weight is 172 g/mol. The molecular formula is C8H10ClNO. The summed E-state index contributed by atoms with van der Waals surface area (Å²) in [4.78, 5) is 4.63. The summed E-state index contributed by atoms with van der Waals surface area (Å²) >= 11 is 5.69. The van der Waals surface area contributed by atoms with Crippen molar-refractivity contribution >= 4 is 11.6 Å². The van der Waals surface area contributed by atoms with Crippen LogP contribution >= 0.6 is 11.6 Å². The Kier molecular flexibility index (Phi) is 2.88. The first-order valence-corrected chi connectivity index (χ1v) is 3.73. The van der Waals surface area contributed by atoms with Crippen molar-refractivity contribution in [3.8, 4) is 0 Å². The summed E-state index contributed by atoms with van der Waals surface area (Å²) in [5.74, 6) is 5.01. The fourth-order valence-electron chi connectivity index (χ4n) is 0.812. The van der Waals surface area contributed by atoms with Gasteiger partial charge in [0.15, 0.2) is 0 Å². The van der Waals surface area contributed by atoms with Gasteiger partial charge in [-0.3, -0.25) is 4.84 Å². The minimum absolute atomic E-state index is 0.0766. The van der Waals surface area contributed by atoms with Crippen LogP contribution in [-0.2, 0) is 4.84 Å². The van der Waals surface area contributed by atoms with Gasteiger partial charge in [0, 0.05) is 5.02 Å². The maximum atomic E-state index is 5.69. The third kappa shape index (κ3) is 2.19.